The maximum Gasteiger partial charge on any atom is 0.274 e. The summed E-state index contributed by atoms with van der Waals surface area (Å²) in [4.78, 5) is 10.1. The quantitative estimate of drug-likeness (QED) is 0.693. The number of non-ortho nitro benzene ring substituents is 1. The standard InChI is InChI=1S/C13H11FN2O4S/c1-21(19,20)13-4-2-10(3-5-13)15-11-6-9(14)7-12(8-11)16(17)18/h2-8,15H,1H3. The van der Waals surface area contributed by atoms with Crippen LogP contribution in [0.15, 0.2) is 47.4 Å². The van der Waals surface area contributed by atoms with E-state index >= 15 is 0 Å². The Labute approximate surface area is 120 Å². The topological polar surface area (TPSA) is 89.3 Å². The van der Waals surface area contributed by atoms with Crippen LogP contribution in [0.25, 0.3) is 0 Å². The molecule has 0 fully saturated rings. The third kappa shape index (κ3) is 3.76. The molecule has 0 saturated heterocycles. The van der Waals surface area contributed by atoms with Crippen molar-refractivity contribution in [1.82, 2.24) is 0 Å². The van der Waals surface area contributed by atoms with Gasteiger partial charge in [-0.25, -0.2) is 12.8 Å². The van der Waals surface area contributed by atoms with E-state index in [1.807, 2.05) is 0 Å². The highest BCUT2D eigenvalue weighted by Crippen LogP contribution is 2.24. The summed E-state index contributed by atoms with van der Waals surface area (Å²) < 4.78 is 35.9. The van der Waals surface area contributed by atoms with Gasteiger partial charge in [0.05, 0.1) is 15.9 Å². The van der Waals surface area contributed by atoms with Gasteiger partial charge in [0.2, 0.25) is 0 Å². The summed E-state index contributed by atoms with van der Waals surface area (Å²) in [5.74, 6) is -0.737. The predicted molar refractivity (Wildman–Crippen MR) is 75.9 cm³/mol. The lowest BCUT2D eigenvalue weighted by Crippen LogP contribution is -1.98. The molecule has 0 aromatic heterocycles. The van der Waals surface area contributed by atoms with Crippen LogP contribution in [0.4, 0.5) is 21.5 Å². The second-order valence-corrected chi connectivity index (χ2v) is 6.39. The molecular weight excluding hydrogens is 299 g/mol. The van der Waals surface area contributed by atoms with Crippen molar-refractivity contribution >= 4 is 26.9 Å². The highest BCUT2D eigenvalue weighted by atomic mass is 32.2. The Morgan fingerprint density at radius 3 is 2.24 bits per heavy atom. The zero-order chi connectivity index (χ0) is 15.6. The number of nitro benzene ring substituents is 1. The van der Waals surface area contributed by atoms with Crippen LogP contribution in [0.3, 0.4) is 0 Å². The molecule has 6 nitrogen and oxygen atoms in total. The van der Waals surface area contributed by atoms with Crippen molar-refractivity contribution in [2.24, 2.45) is 0 Å². The minimum absolute atomic E-state index is 0.151. The monoisotopic (exact) mass is 310 g/mol. The summed E-state index contributed by atoms with van der Waals surface area (Å²) in [7, 11) is -3.29. The van der Waals surface area contributed by atoms with Crippen LogP contribution in [0.1, 0.15) is 0 Å². The highest BCUT2D eigenvalue weighted by molar-refractivity contribution is 7.90. The van der Waals surface area contributed by atoms with Crippen LogP contribution in [0.5, 0.6) is 0 Å². The normalized spacial score (nSPS) is 11.1. The van der Waals surface area contributed by atoms with Crippen molar-refractivity contribution in [3.8, 4) is 0 Å². The molecule has 0 unspecified atom stereocenters. The lowest BCUT2D eigenvalue weighted by atomic mass is 10.2. The molecule has 0 heterocycles. The van der Waals surface area contributed by atoms with Gasteiger partial charge in [0.1, 0.15) is 5.82 Å². The molecule has 0 aliphatic carbocycles. The van der Waals surface area contributed by atoms with E-state index in [2.05, 4.69) is 5.32 Å². The minimum atomic E-state index is -3.29. The zero-order valence-corrected chi connectivity index (χ0v) is 11.7. The number of benzene rings is 2. The van der Waals surface area contributed by atoms with Gasteiger partial charge in [-0.1, -0.05) is 0 Å². The van der Waals surface area contributed by atoms with Crippen molar-refractivity contribution in [2.45, 2.75) is 4.90 Å². The summed E-state index contributed by atoms with van der Waals surface area (Å²) in [6.45, 7) is 0. The van der Waals surface area contributed by atoms with Crippen molar-refractivity contribution in [3.63, 3.8) is 0 Å². The van der Waals surface area contributed by atoms with Gasteiger partial charge in [-0.2, -0.15) is 0 Å². The van der Waals surface area contributed by atoms with Crippen LogP contribution in [-0.2, 0) is 9.84 Å². The number of sulfone groups is 1. The van der Waals surface area contributed by atoms with Crippen molar-refractivity contribution in [3.05, 3.63) is 58.4 Å². The largest absolute Gasteiger partial charge is 0.355 e. The molecule has 0 saturated carbocycles. The number of hydrogen-bond acceptors (Lipinski definition) is 5. The maximum absolute atomic E-state index is 13.3. The van der Waals surface area contributed by atoms with Gasteiger partial charge in [-0.3, -0.25) is 10.1 Å². The Kier molecular flexibility index (Phi) is 3.90. The van der Waals surface area contributed by atoms with Crippen molar-refractivity contribution < 1.29 is 17.7 Å². The van der Waals surface area contributed by atoms with Gasteiger partial charge >= 0.3 is 0 Å². The fourth-order valence-corrected chi connectivity index (χ4v) is 2.33. The Hall–Kier alpha value is -2.48. The maximum atomic E-state index is 13.3. The SMILES string of the molecule is CS(=O)(=O)c1ccc(Nc2cc(F)cc([N+](=O)[O-])c2)cc1. The molecule has 21 heavy (non-hydrogen) atoms. The van der Waals surface area contributed by atoms with Crippen LogP contribution >= 0.6 is 0 Å². The summed E-state index contributed by atoms with van der Waals surface area (Å²) >= 11 is 0. The first-order valence-electron chi connectivity index (χ1n) is 5.78. The molecule has 110 valence electrons. The van der Waals surface area contributed by atoms with E-state index < -0.39 is 20.6 Å². The second kappa shape index (κ2) is 5.49. The van der Waals surface area contributed by atoms with E-state index in [0.29, 0.717) is 5.69 Å². The Morgan fingerprint density at radius 1 is 1.10 bits per heavy atom. The molecular formula is C13H11FN2O4S. The Bertz CT molecular complexity index is 788. The molecule has 2 aromatic carbocycles. The molecule has 0 amide bonds. The number of nitrogens with zero attached hydrogens (tertiary/aromatic N) is 1. The van der Waals surface area contributed by atoms with Crippen LogP contribution in [0.2, 0.25) is 0 Å². The van der Waals surface area contributed by atoms with Gasteiger partial charge in [0.25, 0.3) is 5.69 Å². The first kappa shape index (κ1) is 14.9. The summed E-state index contributed by atoms with van der Waals surface area (Å²) in [6, 6.07) is 8.89. The van der Waals surface area contributed by atoms with Gasteiger partial charge in [-0.15, -0.1) is 0 Å². The lowest BCUT2D eigenvalue weighted by molar-refractivity contribution is -0.385. The summed E-state index contributed by atoms with van der Waals surface area (Å²) in [6.07, 6.45) is 1.09. The molecule has 2 aromatic rings. The average molecular weight is 310 g/mol. The molecule has 0 atom stereocenters. The third-order valence-electron chi connectivity index (χ3n) is 2.66. The van der Waals surface area contributed by atoms with E-state index in [4.69, 9.17) is 0 Å². The lowest BCUT2D eigenvalue weighted by Gasteiger charge is -2.07. The number of nitro groups is 1. The summed E-state index contributed by atoms with van der Waals surface area (Å²) in [5, 5.41) is 13.4. The first-order chi connectivity index (χ1) is 9.75. The number of nitrogens with one attached hydrogen (secondary N) is 1. The van der Waals surface area contributed by atoms with E-state index in [9.17, 15) is 22.9 Å². The van der Waals surface area contributed by atoms with Crippen LogP contribution in [-0.4, -0.2) is 19.6 Å². The highest BCUT2D eigenvalue weighted by Gasteiger charge is 2.10. The predicted octanol–water partition coefficient (Wildman–Crippen LogP) is 2.88. The molecule has 0 aliphatic rings. The molecule has 2 rings (SSSR count). The Morgan fingerprint density at radius 2 is 1.71 bits per heavy atom. The van der Waals surface area contributed by atoms with Gasteiger partial charge in [-0.05, 0) is 30.3 Å². The molecule has 0 bridgehead atoms. The van der Waals surface area contributed by atoms with E-state index in [1.54, 1.807) is 0 Å². The number of hydrogen-bond donors (Lipinski definition) is 1. The smallest absolute Gasteiger partial charge is 0.274 e. The van der Waals surface area contributed by atoms with E-state index in [-0.39, 0.29) is 16.3 Å². The van der Waals surface area contributed by atoms with E-state index in [1.165, 1.54) is 30.3 Å². The second-order valence-electron chi connectivity index (χ2n) is 4.38. The fraction of sp³-hybridized carbons (Fsp3) is 0.0769. The van der Waals surface area contributed by atoms with Crippen LogP contribution in [0, 0.1) is 15.9 Å². The third-order valence-corrected chi connectivity index (χ3v) is 3.79. The molecule has 0 spiro atoms. The Balaban J connectivity index is 2.28. The number of anilines is 2. The first-order valence-corrected chi connectivity index (χ1v) is 7.67. The summed E-state index contributed by atoms with van der Waals surface area (Å²) in [5.41, 5.74) is 0.321. The number of halogens is 1. The average Bonchev–Trinajstić information content (AvgIpc) is 2.37. The van der Waals surface area contributed by atoms with Crippen molar-refractivity contribution in [1.29, 1.82) is 0 Å². The van der Waals surface area contributed by atoms with Gasteiger partial charge in [0.15, 0.2) is 9.84 Å². The molecule has 1 N–H and O–H groups in total. The van der Waals surface area contributed by atoms with Crippen LogP contribution < -0.4 is 5.32 Å². The fourth-order valence-electron chi connectivity index (χ4n) is 1.70. The molecule has 0 aliphatic heterocycles. The molecule has 0 radical (unpaired) electrons. The number of rotatable bonds is 4. The molecule has 8 heteroatoms. The van der Waals surface area contributed by atoms with Gasteiger partial charge in [0, 0.05) is 23.7 Å². The van der Waals surface area contributed by atoms with E-state index in [0.717, 1.165) is 18.4 Å². The van der Waals surface area contributed by atoms with Gasteiger partial charge < -0.3 is 5.32 Å². The zero-order valence-electron chi connectivity index (χ0n) is 10.9. The van der Waals surface area contributed by atoms with Crippen molar-refractivity contribution in [2.75, 3.05) is 11.6 Å². The minimum Gasteiger partial charge on any atom is -0.355 e.